The van der Waals surface area contributed by atoms with Crippen LogP contribution in [0.25, 0.3) is 22.0 Å². The molecule has 0 radical (unpaired) electrons. The van der Waals surface area contributed by atoms with Crippen molar-refractivity contribution in [1.29, 1.82) is 0 Å². The number of methoxy groups -OCH3 is 1. The lowest BCUT2D eigenvalue weighted by Gasteiger charge is -2.39. The number of nitrogens with one attached hydrogen (secondary N) is 1. The lowest BCUT2D eigenvalue weighted by atomic mass is 9.72. The summed E-state index contributed by atoms with van der Waals surface area (Å²) in [5.74, 6) is 2.43. The molecule has 5 aromatic rings. The zero-order valence-electron chi connectivity index (χ0n) is 23.9. The fraction of sp³-hybridized carbons (Fsp3) is 0.278. The average Bonchev–Trinajstić information content (AvgIpc) is 3.49. The third kappa shape index (κ3) is 4.21. The van der Waals surface area contributed by atoms with Crippen LogP contribution in [-0.4, -0.2) is 40.1 Å². The molecule has 0 saturated heterocycles. The van der Waals surface area contributed by atoms with Gasteiger partial charge in [0.2, 0.25) is 0 Å². The number of aromatic amines is 1. The molecule has 0 saturated carbocycles. The number of hydrogen-bond donors (Lipinski definition) is 4. The van der Waals surface area contributed by atoms with Gasteiger partial charge in [-0.25, -0.2) is 0 Å². The molecule has 1 aromatic heterocycles. The topological polar surface area (TPSA) is 104 Å². The van der Waals surface area contributed by atoms with E-state index in [2.05, 4.69) is 29.2 Å². The first-order valence-electron chi connectivity index (χ1n) is 14.9. The van der Waals surface area contributed by atoms with Crippen molar-refractivity contribution in [2.24, 2.45) is 0 Å². The van der Waals surface area contributed by atoms with Crippen molar-refractivity contribution in [3.63, 3.8) is 0 Å². The van der Waals surface area contributed by atoms with Crippen molar-refractivity contribution < 1.29 is 29.5 Å². The molecule has 43 heavy (non-hydrogen) atoms. The predicted molar refractivity (Wildman–Crippen MR) is 164 cm³/mol. The number of phenols is 2. The van der Waals surface area contributed by atoms with Crippen LogP contribution in [-0.2, 0) is 25.7 Å². The van der Waals surface area contributed by atoms with E-state index in [0.717, 1.165) is 81.6 Å². The van der Waals surface area contributed by atoms with Gasteiger partial charge in [-0.2, -0.15) is 0 Å². The molecule has 0 unspecified atom stereocenters. The van der Waals surface area contributed by atoms with Crippen LogP contribution >= 0.6 is 0 Å². The van der Waals surface area contributed by atoms with Gasteiger partial charge < -0.3 is 34.5 Å². The molecule has 7 heteroatoms. The van der Waals surface area contributed by atoms with E-state index in [1.54, 1.807) is 24.3 Å². The van der Waals surface area contributed by atoms with Crippen molar-refractivity contribution in [3.05, 3.63) is 100 Å². The number of rotatable bonds is 4. The van der Waals surface area contributed by atoms with Gasteiger partial charge in [0, 0.05) is 34.8 Å². The standard InChI is InChI=1S/C36H33NO6/c1-41-32-16-21(5-9-30(32)39)34-31(40)18-28-27-15-22(14-19-4-8-29-20(13-19)10-11-37-29)26-17-23(38)6-7-24(26)33(27)36-25(35(28)43-34)3-2-12-42-36/h4-11,13,16-17,22,31,34,37-40H,2-3,12,14-15,18H2,1H3/t22-,31-,34-/m1/s1. The van der Waals surface area contributed by atoms with Gasteiger partial charge in [0.25, 0.3) is 0 Å². The van der Waals surface area contributed by atoms with Gasteiger partial charge in [0.15, 0.2) is 11.5 Å². The lowest BCUT2D eigenvalue weighted by molar-refractivity contribution is 0.0191. The predicted octanol–water partition coefficient (Wildman–Crippen LogP) is 6.50. The first kappa shape index (κ1) is 26.0. The molecule has 4 N–H and O–H groups in total. The Morgan fingerprint density at radius 1 is 0.930 bits per heavy atom. The van der Waals surface area contributed by atoms with E-state index in [1.165, 1.54) is 18.1 Å². The van der Waals surface area contributed by atoms with Crippen molar-refractivity contribution in [1.82, 2.24) is 4.98 Å². The monoisotopic (exact) mass is 575 g/mol. The van der Waals surface area contributed by atoms with E-state index in [1.807, 2.05) is 18.3 Å². The summed E-state index contributed by atoms with van der Waals surface area (Å²) < 4.78 is 18.5. The third-order valence-corrected chi connectivity index (χ3v) is 9.37. The summed E-state index contributed by atoms with van der Waals surface area (Å²) in [5.41, 5.74) is 9.59. The molecular formula is C36H33NO6. The Bertz CT molecular complexity index is 1890. The summed E-state index contributed by atoms with van der Waals surface area (Å²) in [4.78, 5) is 3.27. The molecule has 0 spiro atoms. The fourth-order valence-electron chi connectivity index (χ4n) is 7.39. The number of aliphatic hydroxyl groups is 1. The SMILES string of the molecule is COc1cc([C@H]2Oc3c(c4c(c5c3CCCO5)-c3ccc(O)cc3[C@H](Cc3ccc5[nH]ccc5c3)C4)C[C@H]2O)ccc1O. The zero-order valence-corrected chi connectivity index (χ0v) is 23.9. The Morgan fingerprint density at radius 3 is 2.72 bits per heavy atom. The summed E-state index contributed by atoms with van der Waals surface area (Å²) in [6, 6.07) is 19.4. The molecule has 3 heterocycles. The van der Waals surface area contributed by atoms with E-state index < -0.39 is 12.2 Å². The smallest absolute Gasteiger partial charge is 0.160 e. The average molecular weight is 576 g/mol. The minimum Gasteiger partial charge on any atom is -0.508 e. The second kappa shape index (κ2) is 9.99. The normalized spacial score (nSPS) is 20.3. The summed E-state index contributed by atoms with van der Waals surface area (Å²) in [7, 11) is 1.51. The van der Waals surface area contributed by atoms with Gasteiger partial charge in [-0.3, -0.25) is 0 Å². The Morgan fingerprint density at radius 2 is 1.84 bits per heavy atom. The first-order valence-corrected chi connectivity index (χ1v) is 14.9. The lowest BCUT2D eigenvalue weighted by Crippen LogP contribution is -2.33. The molecule has 218 valence electrons. The second-order valence-electron chi connectivity index (χ2n) is 11.9. The highest BCUT2D eigenvalue weighted by molar-refractivity contribution is 5.85. The minimum atomic E-state index is -0.788. The molecule has 7 nitrogen and oxygen atoms in total. The summed E-state index contributed by atoms with van der Waals surface area (Å²) >= 11 is 0. The van der Waals surface area contributed by atoms with Crippen LogP contribution in [0, 0.1) is 0 Å². The van der Waals surface area contributed by atoms with Crippen molar-refractivity contribution in [3.8, 4) is 39.9 Å². The van der Waals surface area contributed by atoms with Crippen molar-refractivity contribution >= 4 is 10.9 Å². The number of ether oxygens (including phenoxy) is 3. The van der Waals surface area contributed by atoms with Crippen molar-refractivity contribution in [2.75, 3.05) is 13.7 Å². The molecule has 1 aliphatic carbocycles. The number of hydrogen-bond acceptors (Lipinski definition) is 6. The van der Waals surface area contributed by atoms with Crippen molar-refractivity contribution in [2.45, 2.75) is 50.2 Å². The van der Waals surface area contributed by atoms with Gasteiger partial charge in [0.1, 0.15) is 23.4 Å². The molecule has 4 aromatic carbocycles. The number of aromatic nitrogens is 1. The Kier molecular flexibility index (Phi) is 6.05. The van der Waals surface area contributed by atoms with Gasteiger partial charge in [-0.1, -0.05) is 18.2 Å². The largest absolute Gasteiger partial charge is 0.508 e. The maximum absolute atomic E-state index is 11.5. The van der Waals surface area contributed by atoms with E-state index in [0.29, 0.717) is 18.8 Å². The van der Waals surface area contributed by atoms with E-state index in [-0.39, 0.29) is 17.4 Å². The number of benzene rings is 4. The summed E-state index contributed by atoms with van der Waals surface area (Å²) in [6.07, 6.45) is 4.25. The van der Waals surface area contributed by atoms with Crippen LogP contribution in [0.1, 0.15) is 51.8 Å². The number of phenolic OH excluding ortho intramolecular Hbond substituents is 2. The number of fused-ring (bicyclic) bond motifs is 9. The maximum atomic E-state index is 11.5. The van der Waals surface area contributed by atoms with Crippen LogP contribution < -0.4 is 14.2 Å². The van der Waals surface area contributed by atoms with Crippen LogP contribution in [0.2, 0.25) is 0 Å². The van der Waals surface area contributed by atoms with Crippen LogP contribution in [0.15, 0.2) is 66.9 Å². The highest BCUT2D eigenvalue weighted by Crippen LogP contribution is 2.55. The van der Waals surface area contributed by atoms with Crippen LogP contribution in [0.5, 0.6) is 28.7 Å². The highest BCUT2D eigenvalue weighted by Gasteiger charge is 2.40. The van der Waals surface area contributed by atoms with Crippen LogP contribution in [0.3, 0.4) is 0 Å². The summed E-state index contributed by atoms with van der Waals surface area (Å²) in [6.45, 7) is 0.632. The third-order valence-electron chi connectivity index (χ3n) is 9.37. The van der Waals surface area contributed by atoms with E-state index >= 15 is 0 Å². The molecule has 2 aliphatic heterocycles. The molecule has 0 fully saturated rings. The molecule has 0 bridgehead atoms. The Balaban J connectivity index is 1.27. The number of aliphatic hydroxyl groups excluding tert-OH is 1. The van der Waals surface area contributed by atoms with E-state index in [4.69, 9.17) is 14.2 Å². The minimum absolute atomic E-state index is 0.0446. The number of aromatic hydroxyl groups is 2. The molecule has 3 atom stereocenters. The fourth-order valence-corrected chi connectivity index (χ4v) is 7.39. The maximum Gasteiger partial charge on any atom is 0.160 e. The van der Waals surface area contributed by atoms with Gasteiger partial charge in [-0.15, -0.1) is 0 Å². The Hall–Kier alpha value is -4.62. The van der Waals surface area contributed by atoms with Gasteiger partial charge >= 0.3 is 0 Å². The molecular weight excluding hydrogens is 542 g/mol. The Labute approximate surface area is 249 Å². The quantitative estimate of drug-likeness (QED) is 0.195. The van der Waals surface area contributed by atoms with Gasteiger partial charge in [0.05, 0.1) is 19.8 Å². The zero-order chi connectivity index (χ0) is 29.2. The van der Waals surface area contributed by atoms with E-state index in [9.17, 15) is 15.3 Å². The molecule has 0 amide bonds. The summed E-state index contributed by atoms with van der Waals surface area (Å²) in [5, 5.41) is 33.4. The number of H-pyrrole nitrogens is 1. The molecule has 8 rings (SSSR count). The first-order chi connectivity index (χ1) is 21.0. The highest BCUT2D eigenvalue weighted by atomic mass is 16.5. The van der Waals surface area contributed by atoms with Crippen LogP contribution in [0.4, 0.5) is 0 Å². The second-order valence-corrected chi connectivity index (χ2v) is 11.9. The van der Waals surface area contributed by atoms with Gasteiger partial charge in [-0.05, 0) is 107 Å². The molecule has 3 aliphatic rings.